The maximum absolute atomic E-state index is 10.2. The molecule has 0 radical (unpaired) electrons. The zero-order valence-corrected chi connectivity index (χ0v) is 11.4. The van der Waals surface area contributed by atoms with Crippen molar-refractivity contribution in [1.82, 2.24) is 9.55 Å². The van der Waals surface area contributed by atoms with Gasteiger partial charge in [-0.1, -0.05) is 12.1 Å². The molecule has 2 heterocycles. The maximum Gasteiger partial charge on any atom is 0.164 e. The third kappa shape index (κ3) is 1.84. The largest absolute Gasteiger partial charge is 0.394 e. The fourth-order valence-corrected chi connectivity index (χ4v) is 2.84. The van der Waals surface area contributed by atoms with E-state index in [0.29, 0.717) is 5.82 Å². The Kier molecular flexibility index (Phi) is 3.25. The number of fused-ring (bicyclic) bond motifs is 1. The van der Waals surface area contributed by atoms with Crippen molar-refractivity contribution in [1.29, 1.82) is 0 Å². The number of ether oxygens (including phenoxy) is 1. The Hall–Kier alpha value is -1.47. The fraction of sp³-hybridized carbons (Fsp3) is 0.500. The molecule has 1 fully saturated rings. The van der Waals surface area contributed by atoms with Gasteiger partial charge in [0.1, 0.15) is 24.1 Å². The Morgan fingerprint density at radius 2 is 2.00 bits per heavy atom. The summed E-state index contributed by atoms with van der Waals surface area (Å²) in [5.41, 5.74) is 2.71. The number of nitrogens with zero attached hydrogens (tertiary/aromatic N) is 2. The zero-order chi connectivity index (χ0) is 14.4. The van der Waals surface area contributed by atoms with Gasteiger partial charge in [-0.3, -0.25) is 4.57 Å². The van der Waals surface area contributed by atoms with Gasteiger partial charge in [-0.15, -0.1) is 0 Å². The number of hydrogen-bond donors (Lipinski definition) is 3. The van der Waals surface area contributed by atoms with Crippen LogP contribution in [0.15, 0.2) is 18.2 Å². The van der Waals surface area contributed by atoms with Gasteiger partial charge in [0, 0.05) is 0 Å². The number of rotatable bonds is 2. The predicted octanol–water partition coefficient (Wildman–Crippen LogP) is 0.265. The van der Waals surface area contributed by atoms with Crippen LogP contribution < -0.4 is 0 Å². The smallest absolute Gasteiger partial charge is 0.164 e. The van der Waals surface area contributed by atoms with Gasteiger partial charge in [0.2, 0.25) is 0 Å². The van der Waals surface area contributed by atoms with Gasteiger partial charge >= 0.3 is 0 Å². The molecule has 20 heavy (non-hydrogen) atoms. The van der Waals surface area contributed by atoms with Crippen LogP contribution in [0.5, 0.6) is 0 Å². The van der Waals surface area contributed by atoms with Crippen LogP contribution in [0.4, 0.5) is 0 Å². The molecule has 1 aliphatic rings. The van der Waals surface area contributed by atoms with E-state index in [4.69, 9.17) is 4.74 Å². The van der Waals surface area contributed by atoms with Crippen molar-refractivity contribution in [3.8, 4) is 0 Å². The lowest BCUT2D eigenvalue weighted by molar-refractivity contribution is -0.0517. The predicted molar refractivity (Wildman–Crippen MR) is 72.2 cm³/mol. The van der Waals surface area contributed by atoms with Gasteiger partial charge < -0.3 is 20.1 Å². The van der Waals surface area contributed by atoms with Gasteiger partial charge in [0.15, 0.2) is 6.23 Å². The molecule has 1 aliphatic heterocycles. The van der Waals surface area contributed by atoms with Crippen molar-refractivity contribution in [3.05, 3.63) is 29.6 Å². The minimum absolute atomic E-state index is 0.334. The van der Waals surface area contributed by atoms with Crippen LogP contribution in [-0.4, -0.2) is 49.8 Å². The Morgan fingerprint density at radius 3 is 2.65 bits per heavy atom. The lowest BCUT2D eigenvalue weighted by Gasteiger charge is -2.19. The van der Waals surface area contributed by atoms with E-state index < -0.39 is 24.5 Å². The van der Waals surface area contributed by atoms with E-state index in [0.717, 1.165) is 16.6 Å². The minimum atomic E-state index is -1.11. The summed E-state index contributed by atoms with van der Waals surface area (Å²) in [6.45, 7) is 3.45. The Bertz CT molecular complexity index is 639. The molecule has 3 rings (SSSR count). The average Bonchev–Trinajstić information content (AvgIpc) is 2.89. The highest BCUT2D eigenvalue weighted by molar-refractivity contribution is 5.79. The summed E-state index contributed by atoms with van der Waals surface area (Å²) in [6.07, 6.45) is -3.72. The number of aryl methyl sites for hydroxylation is 2. The second kappa shape index (κ2) is 4.82. The first-order valence-electron chi connectivity index (χ1n) is 6.61. The quantitative estimate of drug-likeness (QED) is 0.733. The SMILES string of the molecule is Cc1cccc2nc(C)n(C3O[C@H](CO)[C@@H](O)[C@H]3O)c12. The Balaban J connectivity index is 2.13. The van der Waals surface area contributed by atoms with Crippen LogP contribution >= 0.6 is 0 Å². The van der Waals surface area contributed by atoms with E-state index in [1.54, 1.807) is 4.57 Å². The van der Waals surface area contributed by atoms with Crippen LogP contribution in [0.1, 0.15) is 17.6 Å². The third-order valence-corrected chi connectivity index (χ3v) is 3.86. The van der Waals surface area contributed by atoms with Crippen LogP contribution in [-0.2, 0) is 4.74 Å². The molecule has 0 spiro atoms. The summed E-state index contributed by atoms with van der Waals surface area (Å²) in [4.78, 5) is 4.46. The van der Waals surface area contributed by atoms with E-state index in [9.17, 15) is 15.3 Å². The van der Waals surface area contributed by atoms with Crippen LogP contribution in [0.25, 0.3) is 11.0 Å². The van der Waals surface area contributed by atoms with Crippen LogP contribution in [0.2, 0.25) is 0 Å². The molecule has 6 nitrogen and oxygen atoms in total. The Morgan fingerprint density at radius 1 is 1.25 bits per heavy atom. The first-order chi connectivity index (χ1) is 9.54. The molecule has 6 heteroatoms. The molecule has 1 aromatic heterocycles. The van der Waals surface area contributed by atoms with Crippen molar-refractivity contribution in [2.45, 2.75) is 38.4 Å². The summed E-state index contributed by atoms with van der Waals surface area (Å²) < 4.78 is 7.38. The highest BCUT2D eigenvalue weighted by atomic mass is 16.6. The standard InChI is InChI=1S/C14H18N2O4/c1-7-4-3-5-9-11(7)16(8(2)15-9)14-13(19)12(18)10(6-17)20-14/h3-5,10,12-14,17-19H,6H2,1-2H3/t10-,12-,13-,14?/m1/s1. The van der Waals surface area contributed by atoms with Gasteiger partial charge in [-0.25, -0.2) is 4.98 Å². The van der Waals surface area contributed by atoms with Gasteiger partial charge in [0.05, 0.1) is 17.6 Å². The molecule has 2 aromatic rings. The molecule has 1 unspecified atom stereocenters. The number of aliphatic hydroxyl groups is 3. The average molecular weight is 278 g/mol. The first kappa shape index (κ1) is 13.5. The summed E-state index contributed by atoms with van der Waals surface area (Å²) in [5, 5.41) is 29.2. The molecule has 4 atom stereocenters. The number of aromatic nitrogens is 2. The molecule has 0 amide bonds. The number of aliphatic hydroxyl groups excluding tert-OH is 3. The summed E-state index contributed by atoms with van der Waals surface area (Å²) >= 11 is 0. The topological polar surface area (TPSA) is 87.7 Å². The van der Waals surface area contributed by atoms with Crippen LogP contribution in [0.3, 0.4) is 0 Å². The molecule has 108 valence electrons. The van der Waals surface area contributed by atoms with Crippen LogP contribution in [0, 0.1) is 13.8 Å². The number of hydrogen-bond acceptors (Lipinski definition) is 5. The molecule has 1 aromatic carbocycles. The van der Waals surface area contributed by atoms with E-state index in [2.05, 4.69) is 4.98 Å². The van der Waals surface area contributed by atoms with Crippen molar-refractivity contribution in [2.24, 2.45) is 0 Å². The van der Waals surface area contributed by atoms with Gasteiger partial charge in [-0.2, -0.15) is 0 Å². The van der Waals surface area contributed by atoms with E-state index in [1.807, 2.05) is 32.0 Å². The van der Waals surface area contributed by atoms with Gasteiger partial charge in [-0.05, 0) is 25.5 Å². The molecule has 0 saturated carbocycles. The second-order valence-electron chi connectivity index (χ2n) is 5.20. The fourth-order valence-electron chi connectivity index (χ4n) is 2.84. The number of imidazole rings is 1. The third-order valence-electron chi connectivity index (χ3n) is 3.86. The summed E-state index contributed by atoms with van der Waals surface area (Å²) in [6, 6.07) is 5.78. The first-order valence-corrected chi connectivity index (χ1v) is 6.61. The normalized spacial score (nSPS) is 30.2. The molecule has 1 saturated heterocycles. The second-order valence-corrected chi connectivity index (χ2v) is 5.20. The molecule has 3 N–H and O–H groups in total. The van der Waals surface area contributed by atoms with E-state index in [1.165, 1.54) is 0 Å². The van der Waals surface area contributed by atoms with Crippen molar-refractivity contribution in [3.63, 3.8) is 0 Å². The minimum Gasteiger partial charge on any atom is -0.394 e. The molecule has 0 bridgehead atoms. The zero-order valence-electron chi connectivity index (χ0n) is 11.4. The Labute approximate surface area is 116 Å². The highest BCUT2D eigenvalue weighted by Gasteiger charge is 2.44. The van der Waals surface area contributed by atoms with Crippen molar-refractivity contribution in [2.75, 3.05) is 6.61 Å². The molecular weight excluding hydrogens is 260 g/mol. The lowest BCUT2D eigenvalue weighted by atomic mass is 10.1. The summed E-state index contributed by atoms with van der Waals surface area (Å²) in [7, 11) is 0. The van der Waals surface area contributed by atoms with Crippen molar-refractivity contribution < 1.29 is 20.1 Å². The monoisotopic (exact) mass is 278 g/mol. The highest BCUT2D eigenvalue weighted by Crippen LogP contribution is 2.33. The van der Waals surface area contributed by atoms with E-state index >= 15 is 0 Å². The van der Waals surface area contributed by atoms with Crippen molar-refractivity contribution >= 4 is 11.0 Å². The van der Waals surface area contributed by atoms with E-state index in [-0.39, 0.29) is 6.61 Å². The summed E-state index contributed by atoms with van der Waals surface area (Å²) in [5.74, 6) is 0.698. The number of benzene rings is 1. The lowest BCUT2D eigenvalue weighted by Crippen LogP contribution is -2.33. The molecule has 0 aliphatic carbocycles. The molecular formula is C14H18N2O4. The maximum atomic E-state index is 10.2. The number of para-hydroxylation sites is 1. The van der Waals surface area contributed by atoms with Gasteiger partial charge in [0.25, 0.3) is 0 Å².